The van der Waals surface area contributed by atoms with E-state index >= 15 is 0 Å². The summed E-state index contributed by atoms with van der Waals surface area (Å²) in [5, 5.41) is 19.3. The Kier molecular flexibility index (Phi) is 7.18. The van der Waals surface area contributed by atoms with E-state index in [1.54, 1.807) is 12.1 Å². The molecule has 0 radical (unpaired) electrons. The monoisotopic (exact) mass is 314 g/mol. The van der Waals surface area contributed by atoms with Gasteiger partial charge in [0.15, 0.2) is 0 Å². The molecule has 3 heteroatoms. The topological polar surface area (TPSA) is 40.5 Å². The number of benzene rings is 1. The van der Waals surface area contributed by atoms with Crippen molar-refractivity contribution < 1.29 is 10.2 Å². The van der Waals surface area contributed by atoms with Crippen molar-refractivity contribution in [1.82, 2.24) is 0 Å². The number of phenols is 2. The Morgan fingerprint density at radius 3 is 2.22 bits per heavy atom. The number of hydrogen-bond acceptors (Lipinski definition) is 2. The first-order valence-corrected chi connectivity index (χ1v) is 7.65. The summed E-state index contributed by atoms with van der Waals surface area (Å²) in [4.78, 5) is 0. The summed E-state index contributed by atoms with van der Waals surface area (Å²) in [7, 11) is 0. The molecule has 0 fully saturated rings. The van der Waals surface area contributed by atoms with Crippen molar-refractivity contribution in [3.8, 4) is 11.5 Å². The lowest BCUT2D eigenvalue weighted by Gasteiger charge is -2.07. The van der Waals surface area contributed by atoms with Crippen molar-refractivity contribution in [1.29, 1.82) is 0 Å². The van der Waals surface area contributed by atoms with Gasteiger partial charge in [-0.1, -0.05) is 51.5 Å². The van der Waals surface area contributed by atoms with Crippen molar-refractivity contribution in [2.75, 3.05) is 0 Å². The van der Waals surface area contributed by atoms with Gasteiger partial charge in [-0.2, -0.15) is 0 Å². The Morgan fingerprint density at radius 2 is 1.56 bits per heavy atom. The van der Waals surface area contributed by atoms with Gasteiger partial charge in [0.25, 0.3) is 0 Å². The maximum Gasteiger partial charge on any atom is 0.136 e. The Balaban J connectivity index is 2.25. The molecule has 0 atom stereocenters. The van der Waals surface area contributed by atoms with Crippen LogP contribution in [-0.2, 0) is 6.42 Å². The van der Waals surface area contributed by atoms with Gasteiger partial charge >= 0.3 is 0 Å². The molecule has 2 nitrogen and oxygen atoms in total. The quantitative estimate of drug-likeness (QED) is 0.651. The molecule has 0 unspecified atom stereocenters. The van der Waals surface area contributed by atoms with Crippen LogP contribution in [0.4, 0.5) is 0 Å². The summed E-state index contributed by atoms with van der Waals surface area (Å²) in [6, 6.07) is 3.42. The highest BCUT2D eigenvalue weighted by Crippen LogP contribution is 2.36. The van der Waals surface area contributed by atoms with Crippen molar-refractivity contribution >= 4 is 15.9 Å². The first-order valence-electron chi connectivity index (χ1n) is 6.86. The molecule has 0 aliphatic carbocycles. The highest BCUT2D eigenvalue weighted by Gasteiger charge is 2.08. The average Bonchev–Trinajstić information content (AvgIpc) is 2.37. The van der Waals surface area contributed by atoms with Gasteiger partial charge in [-0.25, -0.2) is 0 Å². The zero-order valence-corrected chi connectivity index (χ0v) is 12.7. The fraction of sp³-hybridized carbons (Fsp3) is 0.600. The molecule has 18 heavy (non-hydrogen) atoms. The number of aromatic hydroxyl groups is 2. The second kappa shape index (κ2) is 8.41. The molecule has 1 aromatic carbocycles. The van der Waals surface area contributed by atoms with E-state index < -0.39 is 0 Å². The fourth-order valence-electron chi connectivity index (χ4n) is 2.07. The number of rotatable bonds is 8. The molecule has 0 spiro atoms. The average molecular weight is 315 g/mol. The molecule has 0 bridgehead atoms. The van der Waals surface area contributed by atoms with Crippen LogP contribution in [0.1, 0.15) is 57.4 Å². The van der Waals surface area contributed by atoms with E-state index in [-0.39, 0.29) is 11.5 Å². The van der Waals surface area contributed by atoms with Crippen LogP contribution in [0.3, 0.4) is 0 Å². The van der Waals surface area contributed by atoms with Gasteiger partial charge in [0.2, 0.25) is 0 Å². The van der Waals surface area contributed by atoms with Crippen molar-refractivity contribution in [2.24, 2.45) is 0 Å². The molecule has 102 valence electrons. The highest BCUT2D eigenvalue weighted by atomic mass is 79.9. The highest BCUT2D eigenvalue weighted by molar-refractivity contribution is 9.10. The lowest BCUT2D eigenvalue weighted by Crippen LogP contribution is -1.88. The third-order valence-electron chi connectivity index (χ3n) is 3.23. The second-order valence-electron chi connectivity index (χ2n) is 4.78. The number of halogens is 1. The number of unbranched alkanes of at least 4 members (excludes halogenated alkanes) is 6. The predicted molar refractivity (Wildman–Crippen MR) is 79.2 cm³/mol. The van der Waals surface area contributed by atoms with Crippen LogP contribution in [0.5, 0.6) is 11.5 Å². The Bertz CT molecular complexity index is 364. The zero-order chi connectivity index (χ0) is 13.4. The maximum absolute atomic E-state index is 9.84. The Hall–Kier alpha value is -0.700. The molecule has 1 aromatic rings. The van der Waals surface area contributed by atoms with Crippen LogP contribution in [-0.4, -0.2) is 10.2 Å². The largest absolute Gasteiger partial charge is 0.507 e. The molecule has 1 rings (SSSR count). The second-order valence-corrected chi connectivity index (χ2v) is 5.57. The zero-order valence-electron chi connectivity index (χ0n) is 11.1. The number of hydrogen-bond donors (Lipinski definition) is 2. The fourth-order valence-corrected chi connectivity index (χ4v) is 2.46. The van der Waals surface area contributed by atoms with E-state index in [2.05, 4.69) is 22.9 Å². The summed E-state index contributed by atoms with van der Waals surface area (Å²) in [6.07, 6.45) is 9.74. The summed E-state index contributed by atoms with van der Waals surface area (Å²) in [6.45, 7) is 2.23. The minimum Gasteiger partial charge on any atom is -0.507 e. The van der Waals surface area contributed by atoms with Crippen LogP contribution in [0.2, 0.25) is 0 Å². The van der Waals surface area contributed by atoms with Gasteiger partial charge in [0, 0.05) is 0 Å². The van der Waals surface area contributed by atoms with Gasteiger partial charge < -0.3 is 10.2 Å². The van der Waals surface area contributed by atoms with E-state index in [0.29, 0.717) is 4.47 Å². The number of phenolic OH excluding ortho intramolecular Hbond substituents is 2. The van der Waals surface area contributed by atoms with Crippen molar-refractivity contribution in [2.45, 2.75) is 58.3 Å². The standard InChI is InChI=1S/C15H23BrO2/c1-2-3-4-5-6-7-8-9-12-10-11-13(17)14(16)15(12)18/h10-11,17-18H,2-9H2,1H3. The summed E-state index contributed by atoms with van der Waals surface area (Å²) < 4.78 is 0.406. The predicted octanol–water partition coefficient (Wildman–Crippen LogP) is 5.15. The Morgan fingerprint density at radius 1 is 0.944 bits per heavy atom. The SMILES string of the molecule is CCCCCCCCCc1ccc(O)c(Br)c1O. The third kappa shape index (κ3) is 4.89. The molecule has 0 saturated carbocycles. The number of aryl methyl sites for hydroxylation is 1. The molecule has 0 aliphatic heterocycles. The first kappa shape index (κ1) is 15.4. The van der Waals surface area contributed by atoms with E-state index in [9.17, 15) is 10.2 Å². The third-order valence-corrected chi connectivity index (χ3v) is 4.01. The van der Waals surface area contributed by atoms with E-state index in [1.807, 2.05) is 0 Å². The molecule has 2 N–H and O–H groups in total. The molecule has 0 aliphatic rings. The lowest BCUT2D eigenvalue weighted by molar-refractivity contribution is 0.438. The van der Waals surface area contributed by atoms with Gasteiger partial charge in [0.05, 0.1) is 0 Å². The van der Waals surface area contributed by atoms with Gasteiger partial charge in [-0.05, 0) is 40.4 Å². The lowest BCUT2D eigenvalue weighted by atomic mass is 10.0. The van der Waals surface area contributed by atoms with Gasteiger partial charge in [-0.15, -0.1) is 0 Å². The van der Waals surface area contributed by atoms with Crippen LogP contribution >= 0.6 is 15.9 Å². The van der Waals surface area contributed by atoms with Crippen molar-refractivity contribution in [3.63, 3.8) is 0 Å². The normalized spacial score (nSPS) is 10.8. The maximum atomic E-state index is 9.84. The summed E-state index contributed by atoms with van der Waals surface area (Å²) in [5.74, 6) is 0.275. The molecule has 0 amide bonds. The summed E-state index contributed by atoms with van der Waals surface area (Å²) in [5.41, 5.74) is 0.910. The molecule has 0 heterocycles. The van der Waals surface area contributed by atoms with Crippen LogP contribution in [0.25, 0.3) is 0 Å². The van der Waals surface area contributed by atoms with Crippen LogP contribution < -0.4 is 0 Å². The van der Waals surface area contributed by atoms with Gasteiger partial charge in [0.1, 0.15) is 16.0 Å². The van der Waals surface area contributed by atoms with E-state index in [0.717, 1.165) is 18.4 Å². The van der Waals surface area contributed by atoms with E-state index in [4.69, 9.17) is 0 Å². The molecule has 0 aromatic heterocycles. The van der Waals surface area contributed by atoms with Crippen molar-refractivity contribution in [3.05, 3.63) is 22.2 Å². The minimum absolute atomic E-state index is 0.0933. The minimum atomic E-state index is 0.0933. The van der Waals surface area contributed by atoms with Crippen LogP contribution in [0.15, 0.2) is 16.6 Å². The molecular formula is C15H23BrO2. The summed E-state index contributed by atoms with van der Waals surface area (Å²) >= 11 is 3.18. The van der Waals surface area contributed by atoms with E-state index in [1.165, 1.54) is 38.5 Å². The first-order chi connectivity index (χ1) is 8.66. The smallest absolute Gasteiger partial charge is 0.136 e. The molecule has 0 saturated heterocycles. The molecular weight excluding hydrogens is 292 g/mol. The van der Waals surface area contributed by atoms with Gasteiger partial charge in [-0.3, -0.25) is 0 Å². The van der Waals surface area contributed by atoms with Crippen LogP contribution in [0, 0.1) is 0 Å². The Labute approximate surface area is 118 Å².